The van der Waals surface area contributed by atoms with E-state index in [4.69, 9.17) is 25.8 Å². The number of hydrogen-bond donors (Lipinski definition) is 1. The van der Waals surface area contributed by atoms with Crippen LogP contribution in [0.5, 0.6) is 11.5 Å². The molecule has 1 aromatic heterocycles. The van der Waals surface area contributed by atoms with E-state index in [0.29, 0.717) is 41.8 Å². The smallest absolute Gasteiger partial charge is 0.251 e. The van der Waals surface area contributed by atoms with E-state index in [1.807, 2.05) is 12.1 Å². The van der Waals surface area contributed by atoms with Crippen molar-refractivity contribution in [3.05, 3.63) is 46.6 Å². The van der Waals surface area contributed by atoms with Crippen molar-refractivity contribution in [1.82, 2.24) is 10.3 Å². The number of nitrogens with zero attached hydrogens (tertiary/aromatic N) is 2. The standard InChI is InChI=1S/C21H24ClN3O4/c1-13-11-25(12-14(2)29-13)19-4-3-15(9-23-19)10-24-21(26)16-7-17(22)20-18(8-16)27-5-6-28-20/h3-4,7-9,13-14H,5-6,10-12H2,1-2H3,(H,24,26). The SMILES string of the molecule is CC1CN(c2ccc(CNC(=O)c3cc(Cl)c4c(c3)OCCO4)cn2)CC(C)O1. The summed E-state index contributed by atoms with van der Waals surface area (Å²) in [5.41, 5.74) is 1.35. The van der Waals surface area contributed by atoms with E-state index < -0.39 is 0 Å². The summed E-state index contributed by atoms with van der Waals surface area (Å²) in [6.45, 7) is 7.02. The first-order valence-corrected chi connectivity index (χ1v) is 10.1. The maximum atomic E-state index is 12.5. The van der Waals surface area contributed by atoms with Crippen LogP contribution in [0, 0.1) is 0 Å². The average molecular weight is 418 g/mol. The molecular weight excluding hydrogens is 394 g/mol. The number of hydrogen-bond acceptors (Lipinski definition) is 6. The van der Waals surface area contributed by atoms with Crippen LogP contribution in [0.4, 0.5) is 5.82 Å². The molecule has 2 aromatic rings. The topological polar surface area (TPSA) is 72.9 Å². The molecular formula is C21H24ClN3O4. The number of morpholine rings is 1. The summed E-state index contributed by atoms with van der Waals surface area (Å²) in [6.07, 6.45) is 2.15. The lowest BCUT2D eigenvalue weighted by Crippen LogP contribution is -2.45. The molecule has 0 aliphatic carbocycles. The fraction of sp³-hybridized carbons (Fsp3) is 0.429. The third-order valence-corrected chi connectivity index (χ3v) is 5.15. The Morgan fingerprint density at radius 2 is 1.97 bits per heavy atom. The van der Waals surface area contributed by atoms with Gasteiger partial charge in [-0.1, -0.05) is 17.7 Å². The summed E-state index contributed by atoms with van der Waals surface area (Å²) < 4.78 is 16.8. The number of nitrogens with one attached hydrogen (secondary N) is 1. The van der Waals surface area contributed by atoms with Gasteiger partial charge in [0, 0.05) is 31.4 Å². The molecule has 0 radical (unpaired) electrons. The van der Waals surface area contributed by atoms with Crippen molar-refractivity contribution < 1.29 is 19.0 Å². The van der Waals surface area contributed by atoms with Crippen LogP contribution in [-0.2, 0) is 11.3 Å². The number of carbonyl (C=O) groups excluding carboxylic acids is 1. The maximum Gasteiger partial charge on any atom is 0.251 e. The van der Waals surface area contributed by atoms with E-state index in [9.17, 15) is 4.79 Å². The van der Waals surface area contributed by atoms with Crippen LogP contribution in [0.25, 0.3) is 0 Å². The van der Waals surface area contributed by atoms with Crippen LogP contribution in [-0.4, -0.2) is 49.4 Å². The van der Waals surface area contributed by atoms with Crippen LogP contribution in [0.2, 0.25) is 5.02 Å². The third kappa shape index (κ3) is 4.57. The second kappa shape index (κ2) is 8.47. The highest BCUT2D eigenvalue weighted by atomic mass is 35.5. The van der Waals surface area contributed by atoms with Gasteiger partial charge in [0.15, 0.2) is 11.5 Å². The number of ether oxygens (including phenoxy) is 3. The minimum atomic E-state index is -0.233. The molecule has 0 bridgehead atoms. The number of carbonyl (C=O) groups is 1. The first-order chi connectivity index (χ1) is 14.0. The summed E-state index contributed by atoms with van der Waals surface area (Å²) in [4.78, 5) is 19.3. The Labute approximate surface area is 174 Å². The Balaban J connectivity index is 1.38. The van der Waals surface area contributed by atoms with Gasteiger partial charge in [-0.05, 0) is 37.6 Å². The Bertz CT molecular complexity index is 880. The molecule has 2 unspecified atom stereocenters. The highest BCUT2D eigenvalue weighted by Crippen LogP contribution is 2.38. The molecule has 1 aromatic carbocycles. The molecule has 1 fully saturated rings. The number of amides is 1. The van der Waals surface area contributed by atoms with Gasteiger partial charge >= 0.3 is 0 Å². The Hall–Kier alpha value is -2.51. The van der Waals surface area contributed by atoms with Gasteiger partial charge < -0.3 is 24.4 Å². The number of anilines is 1. The zero-order valence-corrected chi connectivity index (χ0v) is 17.2. The summed E-state index contributed by atoms with van der Waals surface area (Å²) in [5, 5.41) is 3.26. The number of fused-ring (bicyclic) bond motifs is 1. The molecule has 7 nitrogen and oxygen atoms in total. The molecule has 154 valence electrons. The van der Waals surface area contributed by atoms with Crippen LogP contribution >= 0.6 is 11.6 Å². The number of pyridine rings is 1. The Morgan fingerprint density at radius 1 is 1.21 bits per heavy atom. The molecule has 0 saturated carbocycles. The molecule has 1 amide bonds. The zero-order valence-electron chi connectivity index (χ0n) is 16.5. The summed E-state index contributed by atoms with van der Waals surface area (Å²) in [5.74, 6) is 1.67. The number of benzene rings is 1. The predicted octanol–water partition coefficient (Wildman–Crippen LogP) is 3.05. The van der Waals surface area contributed by atoms with Gasteiger partial charge in [0.2, 0.25) is 0 Å². The molecule has 8 heteroatoms. The van der Waals surface area contributed by atoms with Gasteiger partial charge in [-0.2, -0.15) is 0 Å². The lowest BCUT2D eigenvalue weighted by molar-refractivity contribution is -0.00546. The lowest BCUT2D eigenvalue weighted by atomic mass is 10.1. The van der Waals surface area contributed by atoms with Crippen LogP contribution in [0.3, 0.4) is 0 Å². The highest BCUT2D eigenvalue weighted by Gasteiger charge is 2.23. The van der Waals surface area contributed by atoms with Gasteiger partial charge in [0.1, 0.15) is 19.0 Å². The van der Waals surface area contributed by atoms with E-state index in [1.165, 1.54) is 0 Å². The van der Waals surface area contributed by atoms with E-state index in [2.05, 4.69) is 29.0 Å². The van der Waals surface area contributed by atoms with E-state index in [-0.39, 0.29) is 18.1 Å². The van der Waals surface area contributed by atoms with Crippen molar-refractivity contribution in [2.45, 2.75) is 32.6 Å². The summed E-state index contributed by atoms with van der Waals surface area (Å²) >= 11 is 6.21. The molecule has 1 N–H and O–H groups in total. The average Bonchev–Trinajstić information content (AvgIpc) is 2.71. The van der Waals surface area contributed by atoms with Gasteiger partial charge in [-0.25, -0.2) is 4.98 Å². The normalized spacial score (nSPS) is 21.0. The minimum absolute atomic E-state index is 0.178. The van der Waals surface area contributed by atoms with Crippen LogP contribution in [0.1, 0.15) is 29.8 Å². The van der Waals surface area contributed by atoms with Crippen LogP contribution in [0.15, 0.2) is 30.5 Å². The van der Waals surface area contributed by atoms with Gasteiger partial charge in [-0.3, -0.25) is 4.79 Å². The third-order valence-electron chi connectivity index (χ3n) is 4.86. The Kier molecular flexibility index (Phi) is 5.78. The Morgan fingerprint density at radius 3 is 2.69 bits per heavy atom. The lowest BCUT2D eigenvalue weighted by Gasteiger charge is -2.36. The second-order valence-electron chi connectivity index (χ2n) is 7.35. The molecule has 29 heavy (non-hydrogen) atoms. The monoisotopic (exact) mass is 417 g/mol. The molecule has 4 rings (SSSR count). The quantitative estimate of drug-likeness (QED) is 0.824. The van der Waals surface area contributed by atoms with E-state index in [1.54, 1.807) is 18.3 Å². The molecule has 0 spiro atoms. The van der Waals surface area contributed by atoms with Crippen molar-refractivity contribution in [2.24, 2.45) is 0 Å². The van der Waals surface area contributed by atoms with Crippen molar-refractivity contribution in [3.8, 4) is 11.5 Å². The largest absolute Gasteiger partial charge is 0.486 e. The zero-order chi connectivity index (χ0) is 20.4. The van der Waals surface area contributed by atoms with Crippen molar-refractivity contribution in [2.75, 3.05) is 31.2 Å². The summed E-state index contributed by atoms with van der Waals surface area (Å²) in [6, 6.07) is 7.20. The minimum Gasteiger partial charge on any atom is -0.486 e. The van der Waals surface area contributed by atoms with Gasteiger partial charge in [-0.15, -0.1) is 0 Å². The first kappa shape index (κ1) is 19.8. The van der Waals surface area contributed by atoms with Crippen molar-refractivity contribution in [3.63, 3.8) is 0 Å². The molecule has 1 saturated heterocycles. The van der Waals surface area contributed by atoms with Crippen molar-refractivity contribution >= 4 is 23.3 Å². The van der Waals surface area contributed by atoms with E-state index >= 15 is 0 Å². The maximum absolute atomic E-state index is 12.5. The van der Waals surface area contributed by atoms with Crippen molar-refractivity contribution in [1.29, 1.82) is 0 Å². The first-order valence-electron chi connectivity index (χ1n) is 9.72. The van der Waals surface area contributed by atoms with Crippen LogP contribution < -0.4 is 19.7 Å². The second-order valence-corrected chi connectivity index (χ2v) is 7.76. The fourth-order valence-electron chi connectivity index (χ4n) is 3.60. The number of rotatable bonds is 4. The molecule has 2 aliphatic heterocycles. The number of halogens is 1. The summed E-state index contributed by atoms with van der Waals surface area (Å²) in [7, 11) is 0. The van der Waals surface area contributed by atoms with Gasteiger partial charge in [0.05, 0.1) is 17.2 Å². The predicted molar refractivity (Wildman–Crippen MR) is 110 cm³/mol. The molecule has 3 heterocycles. The van der Waals surface area contributed by atoms with E-state index in [0.717, 1.165) is 24.5 Å². The number of aromatic nitrogens is 1. The van der Waals surface area contributed by atoms with Gasteiger partial charge in [0.25, 0.3) is 5.91 Å². The highest BCUT2D eigenvalue weighted by molar-refractivity contribution is 6.32. The fourth-order valence-corrected chi connectivity index (χ4v) is 3.86. The molecule has 2 atom stereocenters. The molecule has 2 aliphatic rings.